The van der Waals surface area contributed by atoms with E-state index in [1.165, 1.54) is 0 Å². The highest BCUT2D eigenvalue weighted by Crippen LogP contribution is 2.22. The molecule has 0 saturated heterocycles. The molecule has 0 radical (unpaired) electrons. The maximum absolute atomic E-state index is 12.5. The molecule has 0 bridgehead atoms. The maximum Gasteiger partial charge on any atom is 0.190 e. The van der Waals surface area contributed by atoms with Crippen LogP contribution in [0.25, 0.3) is 0 Å². The number of hydrogen-bond acceptors (Lipinski definition) is 3. The Bertz CT molecular complexity index is 837. The first-order chi connectivity index (χ1) is 10.2. The summed E-state index contributed by atoms with van der Waals surface area (Å²) in [5.74, 6) is 0. The zero-order chi connectivity index (χ0) is 16.5. The lowest BCUT2D eigenvalue weighted by atomic mass is 10.2. The standard InChI is InChI=1S/C17H20O3S2/c1-12-5-7-16(14(3)9-12)21(18)11-22(19,20)17-8-6-13(2)10-15(17)4/h5-10H,11H2,1-4H3. The molecular weight excluding hydrogens is 316 g/mol. The molecular formula is C17H20O3S2. The van der Waals surface area contributed by atoms with Crippen molar-refractivity contribution in [1.29, 1.82) is 0 Å². The third-order valence-electron chi connectivity index (χ3n) is 3.50. The average molecular weight is 336 g/mol. The monoisotopic (exact) mass is 336 g/mol. The lowest BCUT2D eigenvalue weighted by Crippen LogP contribution is -2.14. The summed E-state index contributed by atoms with van der Waals surface area (Å²) in [4.78, 5) is 0.843. The largest absolute Gasteiger partial charge is 0.253 e. The van der Waals surface area contributed by atoms with E-state index in [1.54, 1.807) is 25.1 Å². The van der Waals surface area contributed by atoms with Gasteiger partial charge in [0, 0.05) is 4.90 Å². The minimum Gasteiger partial charge on any atom is -0.253 e. The van der Waals surface area contributed by atoms with Crippen molar-refractivity contribution in [3.05, 3.63) is 58.7 Å². The van der Waals surface area contributed by atoms with Crippen LogP contribution in [0.15, 0.2) is 46.2 Å². The Labute approximate surface area is 134 Å². The van der Waals surface area contributed by atoms with Crippen molar-refractivity contribution >= 4 is 20.6 Å². The van der Waals surface area contributed by atoms with Crippen LogP contribution in [0.3, 0.4) is 0 Å². The fourth-order valence-corrected chi connectivity index (χ4v) is 6.08. The Kier molecular flexibility index (Phi) is 4.87. The Morgan fingerprint density at radius 1 is 0.864 bits per heavy atom. The molecule has 0 amide bonds. The second-order valence-electron chi connectivity index (χ2n) is 5.62. The van der Waals surface area contributed by atoms with Crippen molar-refractivity contribution in [2.45, 2.75) is 37.5 Å². The third-order valence-corrected chi connectivity index (χ3v) is 7.68. The molecule has 0 aliphatic heterocycles. The average Bonchev–Trinajstić information content (AvgIpc) is 2.37. The summed E-state index contributed by atoms with van der Waals surface area (Å²) in [5, 5.41) is -0.388. The van der Waals surface area contributed by atoms with Gasteiger partial charge in [-0.15, -0.1) is 0 Å². The summed E-state index contributed by atoms with van der Waals surface area (Å²) in [7, 11) is -5.16. The SMILES string of the molecule is Cc1ccc(S(=O)CS(=O)(=O)c2ccc(C)cc2C)c(C)c1. The van der Waals surface area contributed by atoms with E-state index in [9.17, 15) is 12.6 Å². The van der Waals surface area contributed by atoms with Gasteiger partial charge < -0.3 is 0 Å². The molecule has 22 heavy (non-hydrogen) atoms. The first-order valence-corrected chi connectivity index (χ1v) is 9.93. The van der Waals surface area contributed by atoms with Crippen LogP contribution in [-0.2, 0) is 20.6 Å². The van der Waals surface area contributed by atoms with Crippen LogP contribution in [0, 0.1) is 27.7 Å². The second kappa shape index (κ2) is 6.34. The summed E-state index contributed by atoms with van der Waals surface area (Å²) >= 11 is 0. The highest BCUT2D eigenvalue weighted by molar-refractivity contribution is 8.05. The predicted molar refractivity (Wildman–Crippen MR) is 90.3 cm³/mol. The molecule has 0 aliphatic rings. The van der Waals surface area contributed by atoms with E-state index in [2.05, 4.69) is 0 Å². The minimum atomic E-state index is -3.58. The zero-order valence-corrected chi connectivity index (χ0v) is 14.8. The normalized spacial score (nSPS) is 13.1. The number of sulfone groups is 1. The molecule has 1 atom stereocenters. The number of rotatable bonds is 4. The van der Waals surface area contributed by atoms with E-state index < -0.39 is 20.6 Å². The number of hydrogen-bond donors (Lipinski definition) is 0. The molecule has 0 saturated carbocycles. The van der Waals surface area contributed by atoms with Crippen molar-refractivity contribution in [3.8, 4) is 0 Å². The summed E-state index contributed by atoms with van der Waals surface area (Å²) in [6, 6.07) is 10.7. The zero-order valence-electron chi connectivity index (χ0n) is 13.2. The lowest BCUT2D eigenvalue weighted by Gasteiger charge is -2.10. The van der Waals surface area contributed by atoms with Crippen LogP contribution in [0.1, 0.15) is 22.3 Å². The van der Waals surface area contributed by atoms with Crippen LogP contribution in [0.4, 0.5) is 0 Å². The van der Waals surface area contributed by atoms with Gasteiger partial charge in [0.05, 0.1) is 15.7 Å². The van der Waals surface area contributed by atoms with Gasteiger partial charge in [0.25, 0.3) is 0 Å². The highest BCUT2D eigenvalue weighted by Gasteiger charge is 2.22. The number of aryl methyl sites for hydroxylation is 4. The second-order valence-corrected chi connectivity index (χ2v) is 9.36. The van der Waals surface area contributed by atoms with Gasteiger partial charge in [0.2, 0.25) is 0 Å². The van der Waals surface area contributed by atoms with E-state index in [0.29, 0.717) is 10.5 Å². The molecule has 118 valence electrons. The van der Waals surface area contributed by atoms with Crippen LogP contribution < -0.4 is 0 Å². The molecule has 2 rings (SSSR count). The van der Waals surface area contributed by atoms with Gasteiger partial charge in [-0.05, 0) is 51.0 Å². The molecule has 0 fully saturated rings. The third kappa shape index (κ3) is 3.65. The first kappa shape index (κ1) is 16.9. The van der Waals surface area contributed by atoms with Crippen LogP contribution in [-0.4, -0.2) is 17.7 Å². The molecule has 3 nitrogen and oxygen atoms in total. The molecule has 2 aromatic rings. The van der Waals surface area contributed by atoms with Crippen LogP contribution >= 0.6 is 0 Å². The quantitative estimate of drug-likeness (QED) is 0.859. The molecule has 0 heterocycles. The van der Waals surface area contributed by atoms with Gasteiger partial charge in [0.1, 0.15) is 5.08 Å². The summed E-state index contributed by atoms with van der Waals surface area (Å²) in [6.07, 6.45) is 0. The van der Waals surface area contributed by atoms with E-state index in [0.717, 1.165) is 16.7 Å². The van der Waals surface area contributed by atoms with Crippen LogP contribution in [0.2, 0.25) is 0 Å². The fourth-order valence-electron chi connectivity index (χ4n) is 2.47. The topological polar surface area (TPSA) is 51.2 Å². The molecule has 0 aromatic heterocycles. The maximum atomic E-state index is 12.5. The smallest absolute Gasteiger partial charge is 0.190 e. The molecule has 1 unspecified atom stereocenters. The van der Waals surface area contributed by atoms with E-state index in [4.69, 9.17) is 0 Å². The Morgan fingerprint density at radius 2 is 1.41 bits per heavy atom. The summed E-state index contributed by atoms with van der Waals surface area (Å²) in [5.41, 5.74) is 3.62. The highest BCUT2D eigenvalue weighted by atomic mass is 32.3. The Morgan fingerprint density at radius 3 is 1.95 bits per heavy atom. The van der Waals surface area contributed by atoms with Gasteiger partial charge in [-0.2, -0.15) is 0 Å². The molecule has 0 spiro atoms. The van der Waals surface area contributed by atoms with Crippen molar-refractivity contribution in [1.82, 2.24) is 0 Å². The minimum absolute atomic E-state index is 0.260. The van der Waals surface area contributed by atoms with Crippen molar-refractivity contribution in [2.75, 3.05) is 5.08 Å². The molecule has 2 aromatic carbocycles. The van der Waals surface area contributed by atoms with Gasteiger partial charge in [-0.1, -0.05) is 35.4 Å². The fraction of sp³-hybridized carbons (Fsp3) is 0.294. The van der Waals surface area contributed by atoms with Gasteiger partial charge in [-0.3, -0.25) is 4.21 Å². The van der Waals surface area contributed by atoms with Crippen LogP contribution in [0.5, 0.6) is 0 Å². The molecule has 5 heteroatoms. The van der Waals surface area contributed by atoms with Gasteiger partial charge in [0.15, 0.2) is 9.84 Å². The first-order valence-electron chi connectivity index (χ1n) is 6.96. The lowest BCUT2D eigenvalue weighted by molar-refractivity contribution is 0.599. The Hall–Kier alpha value is -1.46. The van der Waals surface area contributed by atoms with E-state index >= 15 is 0 Å². The molecule has 0 N–H and O–H groups in total. The van der Waals surface area contributed by atoms with Crippen molar-refractivity contribution in [3.63, 3.8) is 0 Å². The van der Waals surface area contributed by atoms with Crippen molar-refractivity contribution < 1.29 is 12.6 Å². The van der Waals surface area contributed by atoms with Gasteiger partial charge in [-0.25, -0.2) is 8.42 Å². The Balaban J connectivity index is 2.34. The van der Waals surface area contributed by atoms with Gasteiger partial charge >= 0.3 is 0 Å². The van der Waals surface area contributed by atoms with Crippen molar-refractivity contribution in [2.24, 2.45) is 0 Å². The number of benzene rings is 2. The predicted octanol–water partition coefficient (Wildman–Crippen LogP) is 3.46. The van der Waals surface area contributed by atoms with E-state index in [1.807, 2.05) is 39.0 Å². The summed E-state index contributed by atoms with van der Waals surface area (Å²) in [6.45, 7) is 7.48. The summed E-state index contributed by atoms with van der Waals surface area (Å²) < 4.78 is 37.5. The van der Waals surface area contributed by atoms with E-state index in [-0.39, 0.29) is 9.98 Å². The molecule has 0 aliphatic carbocycles.